The van der Waals surface area contributed by atoms with Gasteiger partial charge in [0.1, 0.15) is 5.75 Å². The Labute approximate surface area is 151 Å². The number of ether oxygens (including phenoxy) is 1. The van der Waals surface area contributed by atoms with Crippen molar-refractivity contribution in [1.29, 1.82) is 0 Å². The van der Waals surface area contributed by atoms with Crippen LogP contribution in [0.25, 0.3) is 0 Å². The van der Waals surface area contributed by atoms with E-state index in [-0.39, 0.29) is 11.3 Å². The van der Waals surface area contributed by atoms with Gasteiger partial charge < -0.3 is 9.64 Å². The van der Waals surface area contributed by atoms with Gasteiger partial charge in [-0.25, -0.2) is 8.42 Å². The molecule has 0 saturated carbocycles. The van der Waals surface area contributed by atoms with Crippen molar-refractivity contribution in [2.24, 2.45) is 0 Å². The van der Waals surface area contributed by atoms with E-state index in [1.54, 1.807) is 18.2 Å². The molecule has 0 radical (unpaired) electrons. The summed E-state index contributed by atoms with van der Waals surface area (Å²) in [5.74, 6) is -0.463. The Morgan fingerprint density at radius 3 is 2.38 bits per heavy atom. The zero-order valence-corrected chi connectivity index (χ0v) is 14.8. The van der Waals surface area contributed by atoms with E-state index in [4.69, 9.17) is 4.74 Å². The van der Waals surface area contributed by atoms with E-state index in [2.05, 4.69) is 9.62 Å². The van der Waals surface area contributed by atoms with E-state index in [0.29, 0.717) is 18.9 Å². The number of anilines is 2. The molecule has 1 saturated heterocycles. The van der Waals surface area contributed by atoms with Crippen molar-refractivity contribution >= 4 is 27.1 Å². The molecule has 26 heavy (non-hydrogen) atoms. The van der Waals surface area contributed by atoms with Crippen LogP contribution >= 0.6 is 0 Å². The quantitative estimate of drug-likeness (QED) is 0.612. The van der Waals surface area contributed by atoms with Crippen molar-refractivity contribution in [3.05, 3.63) is 64.2 Å². The second-order valence-corrected chi connectivity index (χ2v) is 7.62. The molecule has 9 heteroatoms. The summed E-state index contributed by atoms with van der Waals surface area (Å²) >= 11 is 0. The van der Waals surface area contributed by atoms with Crippen LogP contribution in [0.15, 0.2) is 48.5 Å². The maximum absolute atomic E-state index is 12.4. The number of morpholine rings is 1. The van der Waals surface area contributed by atoms with Gasteiger partial charge in [0.05, 0.1) is 18.1 Å². The number of nitrogens with one attached hydrogen (secondary N) is 1. The van der Waals surface area contributed by atoms with Crippen LogP contribution in [0, 0.1) is 10.1 Å². The zero-order chi connectivity index (χ0) is 18.6. The van der Waals surface area contributed by atoms with Crippen molar-refractivity contribution in [3.8, 4) is 0 Å². The van der Waals surface area contributed by atoms with Crippen LogP contribution in [0.2, 0.25) is 0 Å². The molecule has 0 bridgehead atoms. The van der Waals surface area contributed by atoms with E-state index >= 15 is 0 Å². The largest absolute Gasteiger partial charge is 0.378 e. The van der Waals surface area contributed by atoms with Crippen LogP contribution < -0.4 is 9.62 Å². The summed E-state index contributed by atoms with van der Waals surface area (Å²) in [6, 6.07) is 12.9. The third kappa shape index (κ3) is 4.50. The standard InChI is InChI=1S/C17H19N3O5S/c21-20(22)17-4-2-1-3-14(17)13-26(23,24)18-15-5-7-16(8-6-15)19-9-11-25-12-10-19/h1-8,18H,9-13H2. The van der Waals surface area contributed by atoms with Crippen LogP contribution in [-0.4, -0.2) is 39.6 Å². The highest BCUT2D eigenvalue weighted by Crippen LogP contribution is 2.23. The first kappa shape index (κ1) is 18.2. The lowest BCUT2D eigenvalue weighted by Crippen LogP contribution is -2.36. The molecule has 0 spiro atoms. The SMILES string of the molecule is O=[N+]([O-])c1ccccc1CS(=O)(=O)Nc1ccc(N2CCOCC2)cc1. The number of para-hydroxylation sites is 1. The molecule has 2 aromatic rings. The van der Waals surface area contributed by atoms with E-state index in [1.165, 1.54) is 18.2 Å². The first-order chi connectivity index (χ1) is 12.4. The second kappa shape index (κ2) is 7.71. The molecule has 3 rings (SSSR count). The molecule has 0 aliphatic carbocycles. The van der Waals surface area contributed by atoms with Crippen LogP contribution in [0.4, 0.5) is 17.1 Å². The van der Waals surface area contributed by atoms with Crippen molar-refractivity contribution in [2.45, 2.75) is 5.75 Å². The van der Waals surface area contributed by atoms with Crippen LogP contribution in [0.5, 0.6) is 0 Å². The van der Waals surface area contributed by atoms with Gasteiger partial charge in [0.2, 0.25) is 10.0 Å². The maximum atomic E-state index is 12.4. The average molecular weight is 377 g/mol. The number of rotatable bonds is 6. The highest BCUT2D eigenvalue weighted by molar-refractivity contribution is 7.91. The molecule has 0 aromatic heterocycles. The minimum absolute atomic E-state index is 0.148. The Kier molecular flexibility index (Phi) is 5.38. The fourth-order valence-electron chi connectivity index (χ4n) is 2.79. The Morgan fingerprint density at radius 1 is 1.08 bits per heavy atom. The maximum Gasteiger partial charge on any atom is 0.273 e. The molecule has 138 valence electrons. The van der Waals surface area contributed by atoms with E-state index in [0.717, 1.165) is 18.8 Å². The number of benzene rings is 2. The van der Waals surface area contributed by atoms with Gasteiger partial charge >= 0.3 is 0 Å². The number of sulfonamides is 1. The van der Waals surface area contributed by atoms with Gasteiger partial charge in [-0.1, -0.05) is 18.2 Å². The summed E-state index contributed by atoms with van der Waals surface area (Å²) in [6.07, 6.45) is 0. The minimum Gasteiger partial charge on any atom is -0.378 e. The van der Waals surface area contributed by atoms with Crippen LogP contribution in [0.1, 0.15) is 5.56 Å². The molecule has 1 N–H and O–H groups in total. The predicted octanol–water partition coefficient (Wildman–Crippen LogP) is 2.37. The molecular formula is C17H19N3O5S. The summed E-state index contributed by atoms with van der Waals surface area (Å²) in [7, 11) is -3.77. The summed E-state index contributed by atoms with van der Waals surface area (Å²) in [5.41, 5.74) is 1.35. The Bertz CT molecular complexity index is 878. The highest BCUT2D eigenvalue weighted by atomic mass is 32.2. The van der Waals surface area contributed by atoms with Gasteiger partial charge in [-0.15, -0.1) is 0 Å². The molecule has 0 amide bonds. The number of nitro groups is 1. The lowest BCUT2D eigenvalue weighted by atomic mass is 10.2. The topological polar surface area (TPSA) is 102 Å². The smallest absolute Gasteiger partial charge is 0.273 e. The van der Waals surface area contributed by atoms with Gasteiger partial charge in [-0.05, 0) is 24.3 Å². The Hall–Kier alpha value is -2.65. The Morgan fingerprint density at radius 2 is 1.73 bits per heavy atom. The minimum atomic E-state index is -3.77. The van der Waals surface area contributed by atoms with Gasteiger partial charge in [0.25, 0.3) is 5.69 Å². The first-order valence-electron chi connectivity index (χ1n) is 8.10. The van der Waals surface area contributed by atoms with Gasteiger partial charge in [-0.3, -0.25) is 14.8 Å². The molecule has 1 heterocycles. The van der Waals surface area contributed by atoms with Crippen molar-refractivity contribution < 1.29 is 18.1 Å². The highest BCUT2D eigenvalue weighted by Gasteiger charge is 2.20. The fourth-order valence-corrected chi connectivity index (χ4v) is 4.01. The lowest BCUT2D eigenvalue weighted by molar-refractivity contribution is -0.385. The number of hydrogen-bond donors (Lipinski definition) is 1. The number of nitro benzene ring substituents is 1. The molecule has 0 unspecified atom stereocenters. The molecule has 1 aliphatic rings. The lowest BCUT2D eigenvalue weighted by Gasteiger charge is -2.28. The van der Waals surface area contributed by atoms with Gasteiger partial charge in [0.15, 0.2) is 0 Å². The predicted molar refractivity (Wildman–Crippen MR) is 98.8 cm³/mol. The molecule has 8 nitrogen and oxygen atoms in total. The van der Waals surface area contributed by atoms with Crippen molar-refractivity contribution in [1.82, 2.24) is 0 Å². The van der Waals surface area contributed by atoms with E-state index in [9.17, 15) is 18.5 Å². The molecule has 0 atom stereocenters. The molecule has 2 aromatic carbocycles. The third-order valence-corrected chi connectivity index (χ3v) is 5.29. The van der Waals surface area contributed by atoms with Crippen molar-refractivity contribution in [3.63, 3.8) is 0 Å². The molecular weight excluding hydrogens is 358 g/mol. The molecule has 1 aliphatic heterocycles. The summed E-state index contributed by atoms with van der Waals surface area (Å²) < 4.78 is 32.5. The van der Waals surface area contributed by atoms with E-state index < -0.39 is 20.7 Å². The number of hydrogen-bond acceptors (Lipinski definition) is 6. The third-order valence-electron chi connectivity index (χ3n) is 4.05. The summed E-state index contributed by atoms with van der Waals surface area (Å²) in [5, 5.41) is 11.0. The van der Waals surface area contributed by atoms with Crippen LogP contribution in [0.3, 0.4) is 0 Å². The average Bonchev–Trinajstić information content (AvgIpc) is 2.62. The van der Waals surface area contributed by atoms with Crippen LogP contribution in [-0.2, 0) is 20.5 Å². The molecule has 1 fully saturated rings. The summed E-state index contributed by atoms with van der Waals surface area (Å²) in [4.78, 5) is 12.6. The second-order valence-electron chi connectivity index (χ2n) is 5.89. The van der Waals surface area contributed by atoms with E-state index in [1.807, 2.05) is 12.1 Å². The monoisotopic (exact) mass is 377 g/mol. The Balaban J connectivity index is 1.70. The number of nitrogens with zero attached hydrogens (tertiary/aromatic N) is 2. The van der Waals surface area contributed by atoms with Gasteiger partial charge in [-0.2, -0.15) is 0 Å². The zero-order valence-electron chi connectivity index (χ0n) is 14.0. The van der Waals surface area contributed by atoms with Gasteiger partial charge in [0, 0.05) is 36.1 Å². The van der Waals surface area contributed by atoms with Crippen molar-refractivity contribution in [2.75, 3.05) is 35.9 Å². The fraction of sp³-hybridized carbons (Fsp3) is 0.294. The summed E-state index contributed by atoms with van der Waals surface area (Å²) in [6.45, 7) is 2.93. The normalized spacial score (nSPS) is 14.8. The first-order valence-corrected chi connectivity index (χ1v) is 9.75.